The summed E-state index contributed by atoms with van der Waals surface area (Å²) < 4.78 is 0. The van der Waals surface area contributed by atoms with Crippen molar-refractivity contribution in [1.82, 2.24) is 4.98 Å². The first kappa shape index (κ1) is 13.8. The molecule has 3 rings (SSSR count). The molecule has 0 unspecified atom stereocenters. The second-order valence-corrected chi connectivity index (χ2v) is 5.43. The summed E-state index contributed by atoms with van der Waals surface area (Å²) in [7, 11) is 0. The molecule has 1 aromatic carbocycles. The third kappa shape index (κ3) is 2.12. The van der Waals surface area contributed by atoms with Crippen LogP contribution in [0.25, 0.3) is 0 Å². The molecule has 0 bridgehead atoms. The number of aromatic nitrogens is 1. The highest BCUT2D eigenvalue weighted by Crippen LogP contribution is 2.41. The number of carbonyl (C=O) groups is 1. The van der Waals surface area contributed by atoms with Gasteiger partial charge in [-0.05, 0) is 37.6 Å². The van der Waals surface area contributed by atoms with E-state index in [4.69, 9.17) is 0 Å². The van der Waals surface area contributed by atoms with Gasteiger partial charge in [-0.1, -0.05) is 18.2 Å². The first-order valence-corrected chi connectivity index (χ1v) is 7.11. The molecule has 4 nitrogen and oxygen atoms in total. The van der Waals surface area contributed by atoms with Crippen LogP contribution in [0.4, 0.5) is 5.69 Å². The van der Waals surface area contributed by atoms with E-state index in [-0.39, 0.29) is 12.3 Å². The van der Waals surface area contributed by atoms with Crippen LogP contribution in [0.5, 0.6) is 0 Å². The minimum Gasteiger partial charge on any atom is -0.375 e. The van der Waals surface area contributed by atoms with Gasteiger partial charge in [0.2, 0.25) is 0 Å². The molecule has 0 radical (unpaired) electrons. The van der Waals surface area contributed by atoms with Crippen molar-refractivity contribution in [3.05, 3.63) is 59.4 Å². The molecule has 0 fully saturated rings. The lowest BCUT2D eigenvalue weighted by atomic mass is 9.90. The van der Waals surface area contributed by atoms with Crippen LogP contribution in [-0.4, -0.2) is 22.5 Å². The van der Waals surface area contributed by atoms with Gasteiger partial charge in [0.25, 0.3) is 5.91 Å². The van der Waals surface area contributed by atoms with Gasteiger partial charge in [-0.2, -0.15) is 0 Å². The quantitative estimate of drug-likeness (QED) is 0.939. The number of carbonyl (C=O) groups excluding carboxylic acids is 1. The standard InChI is InChI=1S/C17H18N2O2/c1-3-19-15-7-5-4-6-14(15)17(21,16(19)20)11-13-10-12(2)8-9-18-13/h4-10,21H,3,11H2,1-2H3/t17-/m1/s1. The van der Waals surface area contributed by atoms with E-state index in [0.29, 0.717) is 12.1 Å². The first-order chi connectivity index (χ1) is 10.1. The summed E-state index contributed by atoms with van der Waals surface area (Å²) in [6.45, 7) is 4.42. The zero-order valence-electron chi connectivity index (χ0n) is 12.2. The lowest BCUT2D eigenvalue weighted by molar-refractivity contribution is -0.136. The fraction of sp³-hybridized carbons (Fsp3) is 0.294. The normalized spacial score (nSPS) is 20.7. The number of hydrogen-bond donors (Lipinski definition) is 1. The number of amides is 1. The summed E-state index contributed by atoms with van der Waals surface area (Å²) in [5, 5.41) is 11.0. The third-order valence-corrected chi connectivity index (χ3v) is 3.96. The molecule has 2 heterocycles. The molecule has 21 heavy (non-hydrogen) atoms. The Kier molecular flexibility index (Phi) is 3.26. The summed E-state index contributed by atoms with van der Waals surface area (Å²) in [5.41, 5.74) is 1.72. The van der Waals surface area contributed by atoms with Crippen molar-refractivity contribution in [2.45, 2.75) is 25.9 Å². The lowest BCUT2D eigenvalue weighted by Crippen LogP contribution is -2.42. The maximum Gasteiger partial charge on any atom is 0.264 e. The van der Waals surface area contributed by atoms with Gasteiger partial charge < -0.3 is 10.0 Å². The number of nitrogens with zero attached hydrogens (tertiary/aromatic N) is 2. The Morgan fingerprint density at radius 3 is 2.76 bits per heavy atom. The van der Waals surface area contributed by atoms with Gasteiger partial charge in [-0.25, -0.2) is 0 Å². The topological polar surface area (TPSA) is 53.4 Å². The molecule has 1 aromatic heterocycles. The number of pyridine rings is 1. The summed E-state index contributed by atoms with van der Waals surface area (Å²) in [4.78, 5) is 18.6. The highest BCUT2D eigenvalue weighted by molar-refractivity contribution is 6.06. The molecule has 0 aliphatic carbocycles. The molecular weight excluding hydrogens is 264 g/mol. The Hall–Kier alpha value is -2.20. The summed E-state index contributed by atoms with van der Waals surface area (Å²) in [6, 6.07) is 11.2. The molecule has 0 saturated carbocycles. The van der Waals surface area contributed by atoms with E-state index in [1.165, 1.54) is 0 Å². The third-order valence-electron chi connectivity index (χ3n) is 3.96. The van der Waals surface area contributed by atoms with E-state index in [1.54, 1.807) is 11.1 Å². The van der Waals surface area contributed by atoms with Gasteiger partial charge in [-0.3, -0.25) is 9.78 Å². The van der Waals surface area contributed by atoms with E-state index in [2.05, 4.69) is 4.98 Å². The van der Waals surface area contributed by atoms with Gasteiger partial charge in [0.1, 0.15) is 0 Å². The average molecular weight is 282 g/mol. The first-order valence-electron chi connectivity index (χ1n) is 7.11. The molecule has 2 aromatic rings. The van der Waals surface area contributed by atoms with Crippen LogP contribution < -0.4 is 4.90 Å². The van der Waals surface area contributed by atoms with Crippen molar-refractivity contribution >= 4 is 11.6 Å². The Morgan fingerprint density at radius 2 is 2.05 bits per heavy atom. The second kappa shape index (κ2) is 4.97. The molecular formula is C17H18N2O2. The molecule has 1 aliphatic rings. The molecule has 1 amide bonds. The van der Waals surface area contributed by atoms with Crippen molar-refractivity contribution < 1.29 is 9.90 Å². The number of rotatable bonds is 3. The van der Waals surface area contributed by atoms with Crippen LogP contribution in [0.2, 0.25) is 0 Å². The van der Waals surface area contributed by atoms with Gasteiger partial charge >= 0.3 is 0 Å². The monoisotopic (exact) mass is 282 g/mol. The number of hydrogen-bond acceptors (Lipinski definition) is 3. The SMILES string of the molecule is CCN1C(=O)[C@@](O)(Cc2cc(C)ccn2)c2ccccc21. The van der Waals surface area contributed by atoms with Crippen molar-refractivity contribution in [2.75, 3.05) is 11.4 Å². The van der Waals surface area contributed by atoms with Crippen LogP contribution in [0.3, 0.4) is 0 Å². The van der Waals surface area contributed by atoms with E-state index in [1.807, 2.05) is 50.2 Å². The number of fused-ring (bicyclic) bond motifs is 1. The zero-order valence-corrected chi connectivity index (χ0v) is 12.2. The van der Waals surface area contributed by atoms with E-state index in [9.17, 15) is 9.90 Å². The van der Waals surface area contributed by atoms with Crippen molar-refractivity contribution in [2.24, 2.45) is 0 Å². The number of para-hydroxylation sites is 1. The largest absolute Gasteiger partial charge is 0.375 e. The van der Waals surface area contributed by atoms with Gasteiger partial charge in [0.05, 0.1) is 5.69 Å². The maximum atomic E-state index is 12.7. The molecule has 108 valence electrons. The maximum absolute atomic E-state index is 12.7. The number of aliphatic hydroxyl groups is 1. The van der Waals surface area contributed by atoms with E-state index < -0.39 is 5.60 Å². The minimum absolute atomic E-state index is 0.195. The van der Waals surface area contributed by atoms with Crippen molar-refractivity contribution in [3.63, 3.8) is 0 Å². The fourth-order valence-electron chi connectivity index (χ4n) is 2.95. The Bertz CT molecular complexity index is 699. The van der Waals surface area contributed by atoms with Crippen LogP contribution >= 0.6 is 0 Å². The van der Waals surface area contributed by atoms with Crippen molar-refractivity contribution in [1.29, 1.82) is 0 Å². The summed E-state index contributed by atoms with van der Waals surface area (Å²) in [6.07, 6.45) is 1.90. The second-order valence-electron chi connectivity index (χ2n) is 5.43. The summed E-state index contributed by atoms with van der Waals surface area (Å²) in [5.74, 6) is -0.269. The predicted octanol–water partition coefficient (Wildman–Crippen LogP) is 2.19. The molecule has 1 N–H and O–H groups in total. The van der Waals surface area contributed by atoms with Crippen LogP contribution in [0.1, 0.15) is 23.7 Å². The Labute approximate surface area is 124 Å². The number of benzene rings is 1. The smallest absolute Gasteiger partial charge is 0.264 e. The highest BCUT2D eigenvalue weighted by Gasteiger charge is 2.49. The van der Waals surface area contributed by atoms with Gasteiger partial charge in [-0.15, -0.1) is 0 Å². The summed E-state index contributed by atoms with van der Waals surface area (Å²) >= 11 is 0. The molecule has 4 heteroatoms. The predicted molar refractivity (Wildman–Crippen MR) is 81.0 cm³/mol. The molecule has 0 saturated heterocycles. The average Bonchev–Trinajstić information content (AvgIpc) is 2.68. The molecule has 0 spiro atoms. The van der Waals surface area contributed by atoms with E-state index in [0.717, 1.165) is 16.9 Å². The number of likely N-dealkylation sites (N-methyl/N-ethyl adjacent to an activating group) is 1. The highest BCUT2D eigenvalue weighted by atomic mass is 16.3. The van der Waals surface area contributed by atoms with Crippen LogP contribution in [0, 0.1) is 6.92 Å². The van der Waals surface area contributed by atoms with Crippen LogP contribution in [0.15, 0.2) is 42.6 Å². The van der Waals surface area contributed by atoms with Crippen LogP contribution in [-0.2, 0) is 16.8 Å². The van der Waals surface area contributed by atoms with Crippen molar-refractivity contribution in [3.8, 4) is 0 Å². The Balaban J connectivity index is 2.06. The fourth-order valence-corrected chi connectivity index (χ4v) is 2.95. The van der Waals surface area contributed by atoms with E-state index >= 15 is 0 Å². The molecule has 1 atom stereocenters. The minimum atomic E-state index is -1.52. The lowest BCUT2D eigenvalue weighted by Gasteiger charge is -2.22. The number of anilines is 1. The number of aryl methyl sites for hydroxylation is 1. The Morgan fingerprint density at radius 1 is 1.29 bits per heavy atom. The van der Waals surface area contributed by atoms with Gasteiger partial charge in [0.15, 0.2) is 5.60 Å². The zero-order chi connectivity index (χ0) is 15.0. The van der Waals surface area contributed by atoms with Gasteiger partial charge in [0, 0.05) is 30.4 Å². The molecule has 1 aliphatic heterocycles.